The molecule has 0 saturated carbocycles. The highest BCUT2D eigenvalue weighted by Crippen LogP contribution is 2.32. The maximum absolute atomic E-state index is 13.1. The van der Waals surface area contributed by atoms with Gasteiger partial charge in [-0.1, -0.05) is 0 Å². The van der Waals surface area contributed by atoms with E-state index in [-0.39, 0.29) is 11.6 Å². The maximum Gasteiger partial charge on any atom is 0.434 e. The van der Waals surface area contributed by atoms with Crippen LogP contribution >= 0.6 is 0 Å². The molecule has 0 unspecified atom stereocenters. The van der Waals surface area contributed by atoms with Gasteiger partial charge >= 0.3 is 6.18 Å². The number of rotatable bonds is 2. The number of nitrogens with zero attached hydrogens (tertiary/aromatic N) is 6. The predicted octanol–water partition coefficient (Wildman–Crippen LogP) is 1.62. The van der Waals surface area contributed by atoms with Gasteiger partial charge in [0.25, 0.3) is 0 Å². The van der Waals surface area contributed by atoms with Crippen LogP contribution in [0, 0.1) is 0 Å². The summed E-state index contributed by atoms with van der Waals surface area (Å²) in [6.45, 7) is 1.96. The minimum absolute atomic E-state index is 0.102. The summed E-state index contributed by atoms with van der Waals surface area (Å²) in [5.41, 5.74) is 5.62. The summed E-state index contributed by atoms with van der Waals surface area (Å²) in [5, 5.41) is 0. The lowest BCUT2D eigenvalue weighted by atomic mass is 10.2. The lowest BCUT2D eigenvalue weighted by Gasteiger charge is -2.28. The first kappa shape index (κ1) is 16.5. The summed E-state index contributed by atoms with van der Waals surface area (Å²) >= 11 is 0. The Morgan fingerprint density at radius 3 is 2.38 bits per heavy atom. The molecule has 1 fully saturated rings. The van der Waals surface area contributed by atoms with E-state index in [1.165, 1.54) is 23.0 Å². The number of morpholine rings is 1. The van der Waals surface area contributed by atoms with Crippen LogP contribution in [0.4, 0.5) is 24.9 Å². The van der Waals surface area contributed by atoms with E-state index in [1.807, 2.05) is 4.90 Å². The SMILES string of the molecule is Nc1ncc(-c2cn3cc(C(F)(F)F)nc3c(N3CCOCC3)n2)cn1. The normalized spacial score (nSPS) is 15.6. The van der Waals surface area contributed by atoms with E-state index in [4.69, 9.17) is 10.5 Å². The van der Waals surface area contributed by atoms with Crippen LogP contribution in [-0.2, 0) is 10.9 Å². The molecule has 1 aliphatic heterocycles. The number of halogens is 3. The van der Waals surface area contributed by atoms with Crippen LogP contribution in [0.3, 0.4) is 0 Å². The molecule has 3 aromatic rings. The van der Waals surface area contributed by atoms with Crippen molar-refractivity contribution in [2.75, 3.05) is 36.9 Å². The highest BCUT2D eigenvalue weighted by atomic mass is 19.4. The van der Waals surface area contributed by atoms with E-state index >= 15 is 0 Å². The number of hydrogen-bond donors (Lipinski definition) is 1. The lowest BCUT2D eigenvalue weighted by Crippen LogP contribution is -2.37. The average Bonchev–Trinajstić information content (AvgIpc) is 3.07. The van der Waals surface area contributed by atoms with E-state index in [1.54, 1.807) is 0 Å². The quantitative estimate of drug-likeness (QED) is 0.737. The minimum atomic E-state index is -4.54. The highest BCUT2D eigenvalue weighted by molar-refractivity contribution is 5.70. The second-order valence-electron chi connectivity index (χ2n) is 5.73. The van der Waals surface area contributed by atoms with Gasteiger partial charge in [0.1, 0.15) is 0 Å². The molecule has 4 rings (SSSR count). The predicted molar refractivity (Wildman–Crippen MR) is 86.5 cm³/mol. The van der Waals surface area contributed by atoms with E-state index in [9.17, 15) is 13.2 Å². The molecule has 8 nitrogen and oxygen atoms in total. The van der Waals surface area contributed by atoms with Gasteiger partial charge in [0.15, 0.2) is 17.2 Å². The molecule has 1 saturated heterocycles. The van der Waals surface area contributed by atoms with Crippen molar-refractivity contribution in [3.05, 3.63) is 30.5 Å². The number of ether oxygens (including phenoxy) is 1. The van der Waals surface area contributed by atoms with Crippen molar-refractivity contribution in [1.29, 1.82) is 0 Å². The molecule has 0 spiro atoms. The molecule has 0 bridgehead atoms. The van der Waals surface area contributed by atoms with Gasteiger partial charge in [0, 0.05) is 43.4 Å². The first-order chi connectivity index (χ1) is 12.4. The highest BCUT2D eigenvalue weighted by Gasteiger charge is 2.35. The second kappa shape index (κ2) is 6.09. The van der Waals surface area contributed by atoms with E-state index < -0.39 is 11.9 Å². The van der Waals surface area contributed by atoms with Gasteiger partial charge < -0.3 is 19.8 Å². The molecule has 0 radical (unpaired) electrons. The van der Waals surface area contributed by atoms with Gasteiger partial charge in [-0.05, 0) is 0 Å². The second-order valence-corrected chi connectivity index (χ2v) is 5.73. The molecule has 0 aromatic carbocycles. The first-order valence-electron chi connectivity index (χ1n) is 7.79. The number of nitrogen functional groups attached to an aromatic ring is 1. The van der Waals surface area contributed by atoms with Crippen LogP contribution < -0.4 is 10.6 Å². The zero-order chi connectivity index (χ0) is 18.3. The lowest BCUT2D eigenvalue weighted by molar-refractivity contribution is -0.140. The number of fused-ring (bicyclic) bond motifs is 1. The van der Waals surface area contributed by atoms with Gasteiger partial charge in [-0.25, -0.2) is 19.9 Å². The smallest absolute Gasteiger partial charge is 0.378 e. The van der Waals surface area contributed by atoms with Crippen molar-refractivity contribution in [1.82, 2.24) is 24.3 Å². The summed E-state index contributed by atoms with van der Waals surface area (Å²) in [6, 6.07) is 0. The topological polar surface area (TPSA) is 94.5 Å². The molecule has 136 valence electrons. The molecular weight excluding hydrogens is 351 g/mol. The minimum Gasteiger partial charge on any atom is -0.378 e. The van der Waals surface area contributed by atoms with Crippen LogP contribution in [-0.4, -0.2) is 50.6 Å². The van der Waals surface area contributed by atoms with Crippen LogP contribution in [0.15, 0.2) is 24.8 Å². The van der Waals surface area contributed by atoms with E-state index in [0.717, 1.165) is 6.20 Å². The van der Waals surface area contributed by atoms with Crippen molar-refractivity contribution >= 4 is 17.4 Å². The Hall–Kier alpha value is -2.95. The number of nitrogens with two attached hydrogens (primary N) is 1. The van der Waals surface area contributed by atoms with Crippen molar-refractivity contribution in [2.24, 2.45) is 0 Å². The van der Waals surface area contributed by atoms with Crippen molar-refractivity contribution < 1.29 is 17.9 Å². The summed E-state index contributed by atoms with van der Waals surface area (Å²) in [6.07, 6.45) is 0.820. The monoisotopic (exact) mass is 365 g/mol. The van der Waals surface area contributed by atoms with Gasteiger partial charge in [0.2, 0.25) is 5.95 Å². The van der Waals surface area contributed by atoms with Crippen LogP contribution in [0.5, 0.6) is 0 Å². The van der Waals surface area contributed by atoms with Crippen LogP contribution in [0.25, 0.3) is 16.9 Å². The largest absolute Gasteiger partial charge is 0.434 e. The molecule has 3 aromatic heterocycles. The Morgan fingerprint density at radius 1 is 1.04 bits per heavy atom. The fourth-order valence-corrected chi connectivity index (χ4v) is 2.72. The summed E-state index contributed by atoms with van der Waals surface area (Å²) in [7, 11) is 0. The molecule has 0 atom stereocenters. The number of hydrogen-bond acceptors (Lipinski definition) is 7. The maximum atomic E-state index is 13.1. The zero-order valence-corrected chi connectivity index (χ0v) is 13.4. The standard InChI is InChI=1S/C15H14F3N7O/c16-15(17,18)11-8-25-7-10(9-5-20-14(19)21-6-9)22-12(13(25)23-11)24-1-3-26-4-2-24/h5-8H,1-4H2,(H2,19,20,21). The third-order valence-corrected chi connectivity index (χ3v) is 3.99. The molecule has 4 heterocycles. The number of alkyl halides is 3. The Kier molecular flexibility index (Phi) is 3.87. The molecular formula is C15H14F3N7O. The van der Waals surface area contributed by atoms with Gasteiger partial charge in [-0.2, -0.15) is 13.2 Å². The van der Waals surface area contributed by atoms with Gasteiger partial charge in [-0.3, -0.25) is 0 Å². The van der Waals surface area contributed by atoms with Crippen molar-refractivity contribution in [3.63, 3.8) is 0 Å². The zero-order valence-electron chi connectivity index (χ0n) is 13.4. The fraction of sp³-hybridized carbons (Fsp3) is 0.333. The summed E-state index contributed by atoms with van der Waals surface area (Å²) in [5.74, 6) is 0.461. The van der Waals surface area contributed by atoms with Crippen LogP contribution in [0.2, 0.25) is 0 Å². The fourth-order valence-electron chi connectivity index (χ4n) is 2.72. The number of imidazole rings is 1. The van der Waals surface area contributed by atoms with Crippen LogP contribution in [0.1, 0.15) is 5.69 Å². The number of aromatic nitrogens is 5. The van der Waals surface area contributed by atoms with E-state index in [2.05, 4.69) is 19.9 Å². The summed E-state index contributed by atoms with van der Waals surface area (Å²) in [4.78, 5) is 17.9. The molecule has 0 amide bonds. The Labute approximate surface area is 145 Å². The van der Waals surface area contributed by atoms with Gasteiger partial charge in [-0.15, -0.1) is 0 Å². The average molecular weight is 365 g/mol. The molecule has 1 aliphatic rings. The van der Waals surface area contributed by atoms with Crippen molar-refractivity contribution in [3.8, 4) is 11.3 Å². The van der Waals surface area contributed by atoms with E-state index in [0.29, 0.717) is 43.4 Å². The molecule has 26 heavy (non-hydrogen) atoms. The van der Waals surface area contributed by atoms with Gasteiger partial charge in [0.05, 0.1) is 18.9 Å². The Bertz CT molecular complexity index is 933. The first-order valence-corrected chi connectivity index (χ1v) is 7.79. The Balaban J connectivity index is 1.89. The Morgan fingerprint density at radius 2 is 1.73 bits per heavy atom. The molecule has 11 heteroatoms. The number of anilines is 2. The third kappa shape index (κ3) is 3.01. The third-order valence-electron chi connectivity index (χ3n) is 3.99. The molecule has 2 N–H and O–H groups in total. The summed E-state index contributed by atoms with van der Waals surface area (Å²) < 4.78 is 45.9. The molecule has 0 aliphatic carbocycles. The van der Waals surface area contributed by atoms with Crippen molar-refractivity contribution in [2.45, 2.75) is 6.18 Å².